The van der Waals surface area contributed by atoms with Crippen LogP contribution < -0.4 is 10.9 Å². The van der Waals surface area contributed by atoms with Crippen LogP contribution in [0.1, 0.15) is 30.0 Å². The molecule has 0 aliphatic rings. The number of amides is 1. The molecule has 0 bridgehead atoms. The first-order valence-electron chi connectivity index (χ1n) is 11.0. The van der Waals surface area contributed by atoms with Crippen molar-refractivity contribution in [3.8, 4) is 5.69 Å². The second kappa shape index (κ2) is 10.4. The normalized spacial score (nSPS) is 12.1. The molecule has 1 amide bonds. The third kappa shape index (κ3) is 5.54. The van der Waals surface area contributed by atoms with Gasteiger partial charge in [0.1, 0.15) is 4.70 Å². The van der Waals surface area contributed by atoms with E-state index in [9.17, 15) is 9.59 Å². The van der Waals surface area contributed by atoms with Crippen LogP contribution in [0.3, 0.4) is 0 Å². The minimum atomic E-state index is -0.0962. The zero-order chi connectivity index (χ0) is 23.4. The number of nitrogens with zero attached hydrogens (tertiary/aromatic N) is 2. The van der Waals surface area contributed by atoms with Gasteiger partial charge in [0, 0.05) is 6.04 Å². The van der Waals surface area contributed by atoms with Crippen LogP contribution in [0.25, 0.3) is 15.9 Å². The summed E-state index contributed by atoms with van der Waals surface area (Å²) >= 11 is 2.69. The van der Waals surface area contributed by atoms with Gasteiger partial charge >= 0.3 is 0 Å². The topological polar surface area (TPSA) is 64.0 Å². The lowest BCUT2D eigenvalue weighted by Gasteiger charge is -2.16. The second-order valence-electron chi connectivity index (χ2n) is 8.24. The molecule has 4 aromatic rings. The lowest BCUT2D eigenvalue weighted by molar-refractivity contribution is -0.119. The number of thiophene rings is 1. The maximum absolute atomic E-state index is 13.3. The Morgan fingerprint density at radius 2 is 1.94 bits per heavy atom. The van der Waals surface area contributed by atoms with Crippen LogP contribution in [-0.4, -0.2) is 27.3 Å². The summed E-state index contributed by atoms with van der Waals surface area (Å²) < 4.78 is 2.27. The third-order valence-electron chi connectivity index (χ3n) is 5.49. The van der Waals surface area contributed by atoms with Crippen LogP contribution in [0.2, 0.25) is 0 Å². The van der Waals surface area contributed by atoms with Gasteiger partial charge in [-0.25, -0.2) is 4.98 Å². The van der Waals surface area contributed by atoms with Gasteiger partial charge < -0.3 is 5.32 Å². The molecule has 1 N–H and O–H groups in total. The van der Waals surface area contributed by atoms with Gasteiger partial charge in [-0.15, -0.1) is 11.3 Å². The molecule has 33 heavy (non-hydrogen) atoms. The molecule has 0 fully saturated rings. The number of carbonyl (C=O) groups is 1. The highest BCUT2D eigenvalue weighted by Gasteiger charge is 2.17. The van der Waals surface area contributed by atoms with E-state index in [0.717, 1.165) is 29.7 Å². The van der Waals surface area contributed by atoms with E-state index in [-0.39, 0.29) is 23.3 Å². The number of benzene rings is 2. The number of thioether (sulfide) groups is 1. The SMILES string of the molecule is Cc1ccc(-n2c(SCC(=O)N[C@H](C)CCc3ccccc3)nc3ccsc3c2=O)c(C)c1. The molecular formula is C26H27N3O2S2. The Bertz CT molecular complexity index is 1330. The molecule has 2 aromatic heterocycles. The number of hydrogen-bond acceptors (Lipinski definition) is 5. The monoisotopic (exact) mass is 477 g/mol. The molecule has 2 aromatic carbocycles. The second-order valence-corrected chi connectivity index (χ2v) is 10.1. The van der Waals surface area contributed by atoms with Crippen LogP contribution in [0.4, 0.5) is 0 Å². The van der Waals surface area contributed by atoms with Gasteiger partial charge in [-0.05, 0) is 62.3 Å². The van der Waals surface area contributed by atoms with Gasteiger partial charge in [0.25, 0.3) is 5.56 Å². The van der Waals surface area contributed by atoms with Gasteiger partial charge in [0.05, 0.1) is 17.0 Å². The summed E-state index contributed by atoms with van der Waals surface area (Å²) in [6.07, 6.45) is 1.78. The van der Waals surface area contributed by atoms with E-state index < -0.39 is 0 Å². The quantitative estimate of drug-likeness (QED) is 0.277. The lowest BCUT2D eigenvalue weighted by atomic mass is 10.1. The maximum atomic E-state index is 13.3. The van der Waals surface area contributed by atoms with Crippen molar-refractivity contribution in [1.82, 2.24) is 14.9 Å². The molecule has 4 rings (SSSR count). The lowest BCUT2D eigenvalue weighted by Crippen LogP contribution is -2.34. The molecular weight excluding hydrogens is 450 g/mol. The Labute approximate surface area is 201 Å². The van der Waals surface area contributed by atoms with Crippen molar-refractivity contribution in [3.63, 3.8) is 0 Å². The van der Waals surface area contributed by atoms with E-state index in [1.54, 1.807) is 4.57 Å². The standard InChI is InChI=1S/C26H27N3O2S2/c1-17-9-12-22(18(2)15-17)29-25(31)24-21(13-14-32-24)28-26(29)33-16-23(30)27-19(3)10-11-20-7-5-4-6-8-20/h4-9,12-15,19H,10-11,16H2,1-3H3,(H,27,30)/t19-/m1/s1. The van der Waals surface area contributed by atoms with E-state index in [2.05, 4.69) is 23.5 Å². The average molecular weight is 478 g/mol. The largest absolute Gasteiger partial charge is 0.353 e. The number of aromatic nitrogens is 2. The fourth-order valence-corrected chi connectivity index (χ4v) is 5.38. The maximum Gasteiger partial charge on any atom is 0.276 e. The fourth-order valence-electron chi connectivity index (χ4n) is 3.80. The Kier molecular flexibility index (Phi) is 7.30. The van der Waals surface area contributed by atoms with Crippen molar-refractivity contribution >= 4 is 39.2 Å². The molecule has 0 radical (unpaired) electrons. The van der Waals surface area contributed by atoms with Crippen LogP contribution in [0, 0.1) is 13.8 Å². The van der Waals surface area contributed by atoms with E-state index in [0.29, 0.717) is 15.4 Å². The van der Waals surface area contributed by atoms with Crippen LogP contribution >= 0.6 is 23.1 Å². The molecule has 0 saturated carbocycles. The Balaban J connectivity index is 1.50. The van der Waals surface area contributed by atoms with Gasteiger partial charge in [-0.2, -0.15) is 0 Å². The van der Waals surface area contributed by atoms with Crippen molar-refractivity contribution in [2.75, 3.05) is 5.75 Å². The first-order chi connectivity index (χ1) is 15.9. The highest BCUT2D eigenvalue weighted by molar-refractivity contribution is 7.99. The number of hydrogen-bond donors (Lipinski definition) is 1. The molecule has 0 saturated heterocycles. The molecule has 5 nitrogen and oxygen atoms in total. The van der Waals surface area contributed by atoms with Gasteiger partial charge in [0.2, 0.25) is 5.91 Å². The van der Waals surface area contributed by atoms with Crippen molar-refractivity contribution in [2.45, 2.75) is 44.8 Å². The van der Waals surface area contributed by atoms with E-state index >= 15 is 0 Å². The minimum absolute atomic E-state index is 0.0622. The predicted molar refractivity (Wildman–Crippen MR) is 138 cm³/mol. The predicted octanol–water partition coefficient (Wildman–Crippen LogP) is 5.29. The molecule has 0 spiro atoms. The molecule has 7 heteroatoms. The van der Waals surface area contributed by atoms with Gasteiger partial charge in [-0.1, -0.05) is 59.8 Å². The zero-order valence-electron chi connectivity index (χ0n) is 19.0. The summed E-state index contributed by atoms with van der Waals surface area (Å²) in [5, 5.41) is 5.48. The number of aryl methyl sites for hydroxylation is 3. The molecule has 2 heterocycles. The van der Waals surface area contributed by atoms with Crippen molar-refractivity contribution in [1.29, 1.82) is 0 Å². The highest BCUT2D eigenvalue weighted by Crippen LogP contribution is 2.25. The Hall–Kier alpha value is -2.90. The summed E-state index contributed by atoms with van der Waals surface area (Å²) in [5.41, 5.74) is 4.76. The number of fused-ring (bicyclic) bond motifs is 1. The zero-order valence-corrected chi connectivity index (χ0v) is 20.6. The first kappa shape index (κ1) is 23.3. The van der Waals surface area contributed by atoms with Crippen LogP contribution in [0.5, 0.6) is 0 Å². The Morgan fingerprint density at radius 1 is 1.15 bits per heavy atom. The highest BCUT2D eigenvalue weighted by atomic mass is 32.2. The van der Waals surface area contributed by atoms with E-state index in [4.69, 9.17) is 4.98 Å². The summed E-state index contributed by atoms with van der Waals surface area (Å²) in [6, 6.07) is 18.2. The summed E-state index contributed by atoms with van der Waals surface area (Å²) in [5.74, 6) is 0.135. The Morgan fingerprint density at radius 3 is 2.70 bits per heavy atom. The molecule has 0 aliphatic carbocycles. The van der Waals surface area contributed by atoms with Crippen LogP contribution in [0.15, 0.2) is 69.9 Å². The number of carbonyl (C=O) groups excluding carboxylic acids is 1. The fraction of sp³-hybridized carbons (Fsp3) is 0.269. The van der Waals surface area contributed by atoms with Crippen molar-refractivity contribution < 1.29 is 4.79 Å². The van der Waals surface area contributed by atoms with Crippen molar-refractivity contribution in [3.05, 3.63) is 87.0 Å². The summed E-state index contributed by atoms with van der Waals surface area (Å²) in [6.45, 7) is 6.04. The summed E-state index contributed by atoms with van der Waals surface area (Å²) in [4.78, 5) is 30.7. The van der Waals surface area contributed by atoms with E-state index in [1.807, 2.05) is 62.5 Å². The molecule has 0 unspecified atom stereocenters. The number of rotatable bonds is 8. The first-order valence-corrected chi connectivity index (χ1v) is 12.8. The third-order valence-corrected chi connectivity index (χ3v) is 7.32. The average Bonchev–Trinajstić information content (AvgIpc) is 3.27. The molecule has 1 atom stereocenters. The van der Waals surface area contributed by atoms with Crippen molar-refractivity contribution in [2.24, 2.45) is 0 Å². The smallest absolute Gasteiger partial charge is 0.276 e. The minimum Gasteiger partial charge on any atom is -0.353 e. The number of nitrogens with one attached hydrogen (secondary N) is 1. The van der Waals surface area contributed by atoms with E-state index in [1.165, 1.54) is 28.7 Å². The van der Waals surface area contributed by atoms with Crippen LogP contribution in [-0.2, 0) is 11.2 Å². The molecule has 0 aliphatic heterocycles. The van der Waals surface area contributed by atoms with Gasteiger partial charge in [0.15, 0.2) is 5.16 Å². The molecule has 170 valence electrons. The van der Waals surface area contributed by atoms with Gasteiger partial charge in [-0.3, -0.25) is 14.2 Å². The summed E-state index contributed by atoms with van der Waals surface area (Å²) in [7, 11) is 0.